The van der Waals surface area contributed by atoms with E-state index in [2.05, 4.69) is 5.32 Å². The summed E-state index contributed by atoms with van der Waals surface area (Å²) in [6.45, 7) is 5.38. The first kappa shape index (κ1) is 22.5. The Balaban J connectivity index is 1.37. The van der Waals surface area contributed by atoms with Crippen LogP contribution in [0.25, 0.3) is 0 Å². The molecular weight excluding hydrogens is 420 g/mol. The van der Waals surface area contributed by atoms with E-state index in [1.165, 1.54) is 17.0 Å². The molecule has 1 fully saturated rings. The summed E-state index contributed by atoms with van der Waals surface area (Å²) in [5, 5.41) is 2.71. The van der Waals surface area contributed by atoms with Gasteiger partial charge in [-0.15, -0.1) is 0 Å². The summed E-state index contributed by atoms with van der Waals surface area (Å²) in [6, 6.07) is 11.7. The number of benzene rings is 2. The predicted molar refractivity (Wildman–Crippen MR) is 124 cm³/mol. The third-order valence-electron chi connectivity index (χ3n) is 6.07. The Bertz CT molecular complexity index is 1130. The van der Waals surface area contributed by atoms with Gasteiger partial charge in [0.15, 0.2) is 6.61 Å². The number of fused-ring (bicyclic) bond motifs is 1. The Morgan fingerprint density at radius 1 is 1.03 bits per heavy atom. The highest BCUT2D eigenvalue weighted by Crippen LogP contribution is 2.40. The summed E-state index contributed by atoms with van der Waals surface area (Å²) in [5.74, 6) is -2.19. The van der Waals surface area contributed by atoms with Crippen LogP contribution < -0.4 is 10.2 Å². The molecule has 7 nitrogen and oxygen atoms in total. The zero-order valence-corrected chi connectivity index (χ0v) is 18.8. The summed E-state index contributed by atoms with van der Waals surface area (Å²) >= 11 is 0. The molecule has 2 aromatic rings. The molecule has 2 aromatic carbocycles. The van der Waals surface area contributed by atoms with Gasteiger partial charge in [-0.1, -0.05) is 25.1 Å². The maximum absolute atomic E-state index is 12.9. The molecule has 1 saturated heterocycles. The van der Waals surface area contributed by atoms with Crippen molar-refractivity contribution in [2.24, 2.45) is 17.8 Å². The largest absolute Gasteiger partial charge is 0.452 e. The number of amides is 3. The first-order valence-corrected chi connectivity index (χ1v) is 10.9. The van der Waals surface area contributed by atoms with Crippen molar-refractivity contribution >= 4 is 35.1 Å². The van der Waals surface area contributed by atoms with Gasteiger partial charge in [-0.2, -0.15) is 0 Å². The van der Waals surface area contributed by atoms with Gasteiger partial charge < -0.3 is 10.1 Å². The number of rotatable bonds is 5. The second-order valence-electron chi connectivity index (χ2n) is 8.71. The van der Waals surface area contributed by atoms with Gasteiger partial charge in [-0.3, -0.25) is 19.3 Å². The van der Waals surface area contributed by atoms with E-state index in [1.54, 1.807) is 12.1 Å². The van der Waals surface area contributed by atoms with Gasteiger partial charge in [0.05, 0.1) is 23.1 Å². The molecule has 4 rings (SSSR count). The molecule has 2 aliphatic rings. The highest BCUT2D eigenvalue weighted by atomic mass is 16.5. The van der Waals surface area contributed by atoms with Crippen LogP contribution in [0.1, 0.15) is 34.8 Å². The van der Waals surface area contributed by atoms with Crippen molar-refractivity contribution in [3.05, 3.63) is 71.3 Å². The summed E-state index contributed by atoms with van der Waals surface area (Å²) in [7, 11) is 0. The molecule has 3 atom stereocenters. The Morgan fingerprint density at radius 3 is 2.33 bits per heavy atom. The Morgan fingerprint density at radius 2 is 1.70 bits per heavy atom. The van der Waals surface area contributed by atoms with Crippen LogP contribution in [0.5, 0.6) is 0 Å². The van der Waals surface area contributed by atoms with Crippen molar-refractivity contribution in [3.63, 3.8) is 0 Å². The maximum Gasteiger partial charge on any atom is 0.338 e. The van der Waals surface area contributed by atoms with Crippen LogP contribution in [0, 0.1) is 31.6 Å². The summed E-state index contributed by atoms with van der Waals surface area (Å²) in [4.78, 5) is 51.4. The van der Waals surface area contributed by atoms with Gasteiger partial charge in [-0.05, 0) is 73.7 Å². The Hall–Kier alpha value is -3.74. The molecule has 170 valence electrons. The molecule has 0 radical (unpaired) electrons. The van der Waals surface area contributed by atoms with Crippen LogP contribution in [0.2, 0.25) is 0 Å². The Kier molecular flexibility index (Phi) is 6.14. The van der Waals surface area contributed by atoms with Gasteiger partial charge in [0.2, 0.25) is 11.8 Å². The number of aryl methyl sites for hydroxylation is 2. The van der Waals surface area contributed by atoms with Crippen molar-refractivity contribution in [2.75, 3.05) is 16.8 Å². The minimum absolute atomic E-state index is 0.00862. The summed E-state index contributed by atoms with van der Waals surface area (Å²) in [5.41, 5.74) is 3.33. The fourth-order valence-electron chi connectivity index (χ4n) is 4.61. The molecule has 0 saturated carbocycles. The highest BCUT2D eigenvalue weighted by molar-refractivity contribution is 6.22. The topological polar surface area (TPSA) is 92.8 Å². The van der Waals surface area contributed by atoms with Gasteiger partial charge in [0.25, 0.3) is 5.91 Å². The average Bonchev–Trinajstić information content (AvgIpc) is 3.02. The van der Waals surface area contributed by atoms with Crippen LogP contribution in [0.3, 0.4) is 0 Å². The molecule has 3 amide bonds. The van der Waals surface area contributed by atoms with E-state index in [4.69, 9.17) is 4.74 Å². The SMILES string of the molecule is Cc1cc(C)cc(NC(=O)COC(=O)c2ccc(N3C(=O)[C@@H]4[C@H](C)C=CC[C@H]4C3=O)cc2)c1. The number of ether oxygens (including phenoxy) is 1. The number of nitrogens with one attached hydrogen (secondary N) is 1. The lowest BCUT2D eigenvalue weighted by molar-refractivity contribution is -0.123. The Labute approximate surface area is 192 Å². The number of allylic oxidation sites excluding steroid dienone is 2. The summed E-state index contributed by atoms with van der Waals surface area (Å²) < 4.78 is 5.11. The molecule has 7 heteroatoms. The van der Waals surface area contributed by atoms with Gasteiger partial charge in [0.1, 0.15) is 0 Å². The van der Waals surface area contributed by atoms with E-state index in [1.807, 2.05) is 51.1 Å². The molecule has 1 aliphatic carbocycles. The van der Waals surface area contributed by atoms with E-state index in [0.717, 1.165) is 11.1 Å². The third-order valence-corrected chi connectivity index (χ3v) is 6.07. The lowest BCUT2D eigenvalue weighted by Crippen LogP contribution is -2.31. The monoisotopic (exact) mass is 446 g/mol. The van der Waals surface area contributed by atoms with Crippen molar-refractivity contribution < 1.29 is 23.9 Å². The summed E-state index contributed by atoms with van der Waals surface area (Å²) in [6.07, 6.45) is 4.49. The molecular formula is C26H26N2O5. The highest BCUT2D eigenvalue weighted by Gasteiger charge is 2.50. The van der Waals surface area contributed by atoms with Crippen LogP contribution in [0.4, 0.5) is 11.4 Å². The lowest BCUT2D eigenvalue weighted by Gasteiger charge is -2.22. The number of imide groups is 1. The van der Waals surface area contributed by atoms with Gasteiger partial charge in [-0.25, -0.2) is 4.79 Å². The number of carbonyl (C=O) groups excluding carboxylic acids is 4. The van der Waals surface area contributed by atoms with Crippen molar-refractivity contribution in [2.45, 2.75) is 27.2 Å². The van der Waals surface area contributed by atoms with Crippen molar-refractivity contribution in [1.82, 2.24) is 0 Å². The fraction of sp³-hybridized carbons (Fsp3) is 0.308. The normalized spacial score (nSPS) is 21.7. The zero-order chi connectivity index (χ0) is 23.7. The molecule has 1 heterocycles. The van der Waals surface area contributed by atoms with Crippen LogP contribution >= 0.6 is 0 Å². The second kappa shape index (κ2) is 9.02. The van der Waals surface area contributed by atoms with Crippen LogP contribution in [0.15, 0.2) is 54.6 Å². The van der Waals surface area contributed by atoms with Crippen molar-refractivity contribution in [3.8, 4) is 0 Å². The van der Waals surface area contributed by atoms with Gasteiger partial charge >= 0.3 is 5.97 Å². The standard InChI is InChI=1S/C26H26N2O5/c1-15-11-16(2)13-19(12-15)27-22(29)14-33-26(32)18-7-9-20(10-8-18)28-24(30)21-6-4-5-17(3)23(21)25(28)31/h4-5,7-13,17,21,23H,6,14H2,1-3H3,(H,27,29)/t17-,21-,23-/m1/s1. The number of hydrogen-bond donors (Lipinski definition) is 1. The van der Waals surface area contributed by atoms with E-state index in [-0.39, 0.29) is 35.1 Å². The number of anilines is 2. The van der Waals surface area contributed by atoms with E-state index < -0.39 is 18.5 Å². The lowest BCUT2D eigenvalue weighted by atomic mass is 9.78. The predicted octanol–water partition coefficient (Wildman–Crippen LogP) is 3.80. The number of hydrogen-bond acceptors (Lipinski definition) is 5. The molecule has 33 heavy (non-hydrogen) atoms. The molecule has 1 N–H and O–H groups in total. The van der Waals surface area contributed by atoms with Gasteiger partial charge in [0, 0.05) is 5.69 Å². The smallest absolute Gasteiger partial charge is 0.338 e. The molecule has 1 aliphatic heterocycles. The quantitative estimate of drug-likeness (QED) is 0.428. The minimum atomic E-state index is -0.664. The van der Waals surface area contributed by atoms with E-state index in [9.17, 15) is 19.2 Å². The minimum Gasteiger partial charge on any atom is -0.452 e. The zero-order valence-electron chi connectivity index (χ0n) is 18.8. The number of carbonyl (C=O) groups is 4. The van der Waals surface area contributed by atoms with E-state index >= 15 is 0 Å². The third kappa shape index (κ3) is 4.58. The van der Waals surface area contributed by atoms with Crippen LogP contribution in [-0.4, -0.2) is 30.3 Å². The average molecular weight is 447 g/mol. The molecule has 0 aromatic heterocycles. The van der Waals surface area contributed by atoms with Crippen LogP contribution in [-0.2, 0) is 19.1 Å². The molecule has 0 unspecified atom stereocenters. The number of esters is 1. The fourth-order valence-corrected chi connectivity index (χ4v) is 4.61. The van der Waals surface area contributed by atoms with Crippen molar-refractivity contribution in [1.29, 1.82) is 0 Å². The van der Waals surface area contributed by atoms with E-state index in [0.29, 0.717) is 17.8 Å². The maximum atomic E-state index is 12.9. The first-order chi connectivity index (χ1) is 15.7. The number of nitrogens with zero attached hydrogens (tertiary/aromatic N) is 1. The second-order valence-corrected chi connectivity index (χ2v) is 8.71. The molecule has 0 bridgehead atoms. The first-order valence-electron chi connectivity index (χ1n) is 10.9. The molecule has 0 spiro atoms.